The van der Waals surface area contributed by atoms with E-state index in [2.05, 4.69) is 10.2 Å². The fourth-order valence-corrected chi connectivity index (χ4v) is 5.36. The highest BCUT2D eigenvalue weighted by Gasteiger charge is 2.46. The number of fused-ring (bicyclic) bond motifs is 2. The van der Waals surface area contributed by atoms with Gasteiger partial charge in [-0.25, -0.2) is 13.6 Å². The van der Waals surface area contributed by atoms with Crippen molar-refractivity contribution in [1.29, 1.82) is 0 Å². The number of hydrogen-bond donors (Lipinski definition) is 2. The Bertz CT molecular complexity index is 1460. The Labute approximate surface area is 200 Å². The first-order valence-corrected chi connectivity index (χ1v) is 11.4. The minimum atomic E-state index is -1.32. The normalized spacial score (nSPS) is 20.8. The molecule has 0 saturated carbocycles. The van der Waals surface area contributed by atoms with Crippen LogP contribution < -0.4 is 0 Å². The van der Waals surface area contributed by atoms with Crippen molar-refractivity contribution < 1.29 is 28.2 Å². The van der Waals surface area contributed by atoms with E-state index in [-0.39, 0.29) is 18.9 Å². The largest absolute Gasteiger partial charge is 0.479 e. The van der Waals surface area contributed by atoms with Crippen LogP contribution >= 0.6 is 0 Å². The topological polar surface area (TPSA) is 89.4 Å². The van der Waals surface area contributed by atoms with Crippen LogP contribution in [0, 0.1) is 11.6 Å². The van der Waals surface area contributed by atoms with Gasteiger partial charge >= 0.3 is 5.97 Å². The molecule has 5 rings (SSSR count). The van der Waals surface area contributed by atoms with Gasteiger partial charge in [-0.15, -0.1) is 0 Å². The molecule has 2 N–H and O–H groups in total. The van der Waals surface area contributed by atoms with Crippen LogP contribution in [-0.4, -0.2) is 51.8 Å². The molecule has 1 saturated heterocycles. The summed E-state index contributed by atoms with van der Waals surface area (Å²) in [6.07, 6.45) is 1.98. The van der Waals surface area contributed by atoms with Gasteiger partial charge in [0.05, 0.1) is 30.4 Å². The molecule has 4 aromatic rings. The van der Waals surface area contributed by atoms with Gasteiger partial charge < -0.3 is 19.1 Å². The highest BCUT2D eigenvalue weighted by Crippen LogP contribution is 2.47. The molecule has 3 heterocycles. The molecule has 1 aliphatic rings. The molecule has 2 atom stereocenters. The third kappa shape index (κ3) is 3.70. The molecule has 0 bridgehead atoms. The zero-order chi connectivity index (χ0) is 25.1. The molecule has 2 aromatic carbocycles. The second-order valence-corrected chi connectivity index (χ2v) is 10.1. The summed E-state index contributed by atoms with van der Waals surface area (Å²) in [4.78, 5) is 11.9. The zero-order valence-electron chi connectivity index (χ0n) is 20.0. The van der Waals surface area contributed by atoms with Crippen LogP contribution in [0.4, 0.5) is 8.78 Å². The average molecular weight is 484 g/mol. The molecule has 184 valence electrons. The van der Waals surface area contributed by atoms with E-state index in [1.54, 1.807) is 26.3 Å². The Balaban J connectivity index is 1.88. The Morgan fingerprint density at radius 3 is 2.74 bits per heavy atom. The molecule has 9 heteroatoms. The van der Waals surface area contributed by atoms with Gasteiger partial charge in [-0.3, -0.25) is 5.10 Å². The number of nitrogens with one attached hydrogen (secondary N) is 1. The van der Waals surface area contributed by atoms with Gasteiger partial charge in [-0.2, -0.15) is 5.10 Å². The molecule has 0 aliphatic carbocycles. The van der Waals surface area contributed by atoms with Crippen molar-refractivity contribution in [3.63, 3.8) is 0 Å². The monoisotopic (exact) mass is 483 g/mol. The number of aliphatic carboxylic acids is 1. The Morgan fingerprint density at radius 1 is 1.31 bits per heavy atom. The predicted octanol–water partition coefficient (Wildman–Crippen LogP) is 5.06. The van der Waals surface area contributed by atoms with Gasteiger partial charge in [0.2, 0.25) is 0 Å². The third-order valence-electron chi connectivity index (χ3n) is 6.97. The molecule has 1 aliphatic heterocycles. The zero-order valence-corrected chi connectivity index (χ0v) is 20.0. The first-order valence-electron chi connectivity index (χ1n) is 11.4. The van der Waals surface area contributed by atoms with Crippen molar-refractivity contribution in [3.8, 4) is 5.69 Å². The molecule has 7 nitrogen and oxygen atoms in total. The lowest BCUT2D eigenvalue weighted by Gasteiger charge is -2.29. The minimum Gasteiger partial charge on any atom is -0.479 e. The summed E-state index contributed by atoms with van der Waals surface area (Å²) in [6.45, 7) is 6.19. The number of benzene rings is 2. The maximum Gasteiger partial charge on any atom is 0.335 e. The number of carboxylic acids is 1. The SMILES string of the molecule is COCC(C)(C)c1c([C@@H]2CO[C@@](C)(C(=O)O)C2)c2cc3[nH]ncc3cc2n1-c1ccc(F)c(F)c1. The number of methoxy groups -OCH3 is 1. The first-order chi connectivity index (χ1) is 16.6. The summed E-state index contributed by atoms with van der Waals surface area (Å²) in [5, 5.41) is 18.6. The fourth-order valence-electron chi connectivity index (χ4n) is 5.36. The standard InChI is InChI=1S/C26H27F2N3O4/c1-25(2,13-34-4)23-22(15-10-26(3,24(32)33)35-12-15)17-9-20-14(11-29-30-20)7-21(17)31(23)16-5-6-18(27)19(28)8-16/h5-9,11,15H,10,12-13H2,1-4H3,(H,29,30)(H,32,33)/t15-,26+/m0/s1. The van der Waals surface area contributed by atoms with E-state index < -0.39 is 28.6 Å². The third-order valence-corrected chi connectivity index (χ3v) is 6.97. The Morgan fingerprint density at radius 2 is 2.09 bits per heavy atom. The van der Waals surface area contributed by atoms with Gasteiger partial charge in [0.25, 0.3) is 0 Å². The smallest absolute Gasteiger partial charge is 0.335 e. The number of hydrogen-bond acceptors (Lipinski definition) is 4. The molecular formula is C26H27F2N3O4. The molecular weight excluding hydrogens is 456 g/mol. The molecule has 1 fully saturated rings. The summed E-state index contributed by atoms with van der Waals surface area (Å²) in [5.41, 5.74) is 1.92. The average Bonchev–Trinajstić information content (AvgIpc) is 3.50. The van der Waals surface area contributed by atoms with E-state index in [4.69, 9.17) is 9.47 Å². The number of ether oxygens (including phenoxy) is 2. The van der Waals surface area contributed by atoms with Crippen molar-refractivity contribution in [2.24, 2.45) is 0 Å². The number of aromatic nitrogens is 3. The van der Waals surface area contributed by atoms with Crippen molar-refractivity contribution in [1.82, 2.24) is 14.8 Å². The van der Waals surface area contributed by atoms with Crippen LogP contribution in [0.5, 0.6) is 0 Å². The molecule has 0 radical (unpaired) electrons. The Hall–Kier alpha value is -3.30. The van der Waals surface area contributed by atoms with Gasteiger partial charge in [0.15, 0.2) is 17.2 Å². The number of H-pyrrole nitrogens is 1. The lowest BCUT2D eigenvalue weighted by molar-refractivity contribution is -0.157. The van der Waals surface area contributed by atoms with Gasteiger partial charge in [-0.05, 0) is 43.2 Å². The predicted molar refractivity (Wildman–Crippen MR) is 127 cm³/mol. The fraction of sp³-hybridized carbons (Fsp3) is 0.385. The second-order valence-electron chi connectivity index (χ2n) is 10.1. The van der Waals surface area contributed by atoms with Crippen LogP contribution in [0.25, 0.3) is 27.5 Å². The van der Waals surface area contributed by atoms with E-state index in [1.807, 2.05) is 30.5 Å². The van der Waals surface area contributed by atoms with Crippen molar-refractivity contribution in [2.75, 3.05) is 20.3 Å². The summed E-state index contributed by atoms with van der Waals surface area (Å²) >= 11 is 0. The van der Waals surface area contributed by atoms with Crippen LogP contribution in [-0.2, 0) is 19.7 Å². The highest BCUT2D eigenvalue weighted by atomic mass is 19.2. The van der Waals surface area contributed by atoms with Gasteiger partial charge in [-0.1, -0.05) is 13.8 Å². The van der Waals surface area contributed by atoms with E-state index in [9.17, 15) is 18.7 Å². The molecule has 0 unspecified atom stereocenters. The van der Waals surface area contributed by atoms with Crippen molar-refractivity contribution >= 4 is 27.8 Å². The van der Waals surface area contributed by atoms with Crippen LogP contribution in [0.3, 0.4) is 0 Å². The van der Waals surface area contributed by atoms with E-state index in [0.717, 1.165) is 39.1 Å². The number of halogens is 2. The number of aromatic amines is 1. The van der Waals surface area contributed by atoms with Crippen LogP contribution in [0.1, 0.15) is 44.4 Å². The number of carbonyl (C=O) groups is 1. The summed E-state index contributed by atoms with van der Waals surface area (Å²) in [7, 11) is 1.61. The quantitative estimate of drug-likeness (QED) is 0.400. The number of rotatable bonds is 6. The number of carboxylic acid groups (broad SMARTS) is 1. The van der Waals surface area contributed by atoms with Gasteiger partial charge in [0, 0.05) is 46.7 Å². The van der Waals surface area contributed by atoms with Crippen LogP contribution in [0.15, 0.2) is 36.5 Å². The lowest BCUT2D eigenvalue weighted by Crippen LogP contribution is -2.34. The van der Waals surface area contributed by atoms with E-state index in [0.29, 0.717) is 12.3 Å². The molecule has 0 amide bonds. The lowest BCUT2D eigenvalue weighted by atomic mass is 9.81. The molecule has 0 spiro atoms. The molecule has 35 heavy (non-hydrogen) atoms. The van der Waals surface area contributed by atoms with Crippen molar-refractivity contribution in [3.05, 3.63) is 59.4 Å². The summed E-state index contributed by atoms with van der Waals surface area (Å²) in [6, 6.07) is 7.76. The number of nitrogens with zero attached hydrogens (tertiary/aromatic N) is 2. The Kier molecular flexibility index (Phi) is 5.45. The maximum absolute atomic E-state index is 14.4. The summed E-state index contributed by atoms with van der Waals surface area (Å²) < 4.78 is 41.6. The molecule has 2 aromatic heterocycles. The van der Waals surface area contributed by atoms with Crippen molar-refractivity contribution in [2.45, 2.75) is 44.1 Å². The van der Waals surface area contributed by atoms with E-state index in [1.165, 1.54) is 6.07 Å². The first kappa shape index (κ1) is 23.4. The summed E-state index contributed by atoms with van der Waals surface area (Å²) in [5.74, 6) is -3.13. The second kappa shape index (κ2) is 8.13. The minimum absolute atomic E-state index is 0.219. The van der Waals surface area contributed by atoms with Gasteiger partial charge in [0.1, 0.15) is 0 Å². The highest BCUT2D eigenvalue weighted by molar-refractivity contribution is 5.99. The van der Waals surface area contributed by atoms with E-state index >= 15 is 0 Å². The maximum atomic E-state index is 14.4. The van der Waals surface area contributed by atoms with Crippen LogP contribution in [0.2, 0.25) is 0 Å².